The molecule has 0 aliphatic heterocycles. The minimum atomic E-state index is -0.719. The van der Waals surface area contributed by atoms with Gasteiger partial charge in [0.05, 0.1) is 12.0 Å². The van der Waals surface area contributed by atoms with E-state index < -0.39 is 12.1 Å². The minimum Gasteiger partial charge on any atom is -0.462 e. The van der Waals surface area contributed by atoms with Crippen LogP contribution in [0.3, 0.4) is 0 Å². The molecule has 0 saturated heterocycles. The van der Waals surface area contributed by atoms with Crippen molar-refractivity contribution in [1.29, 1.82) is 0 Å². The maximum atomic E-state index is 12.5. The molecule has 8 heteroatoms. The number of aromatic nitrogens is 2. The summed E-state index contributed by atoms with van der Waals surface area (Å²) in [7, 11) is 0. The molecule has 2 heterocycles. The summed E-state index contributed by atoms with van der Waals surface area (Å²) in [4.78, 5) is 44.6. The van der Waals surface area contributed by atoms with E-state index >= 15 is 0 Å². The molecule has 0 amide bonds. The number of ether oxygens (including phenoxy) is 2. The molecule has 29 heavy (non-hydrogen) atoms. The van der Waals surface area contributed by atoms with Gasteiger partial charge in [-0.25, -0.2) is 9.78 Å². The Labute approximate surface area is 171 Å². The second-order valence-electron chi connectivity index (χ2n) is 6.53. The van der Waals surface area contributed by atoms with Crippen molar-refractivity contribution in [3.8, 4) is 0 Å². The van der Waals surface area contributed by atoms with E-state index in [1.807, 2.05) is 30.3 Å². The number of aromatic amines is 1. The summed E-state index contributed by atoms with van der Waals surface area (Å²) < 4.78 is 10.5. The summed E-state index contributed by atoms with van der Waals surface area (Å²) in [5.74, 6) is -0.611. The number of aryl methyl sites for hydroxylation is 2. The number of nitrogens with zero attached hydrogens (tertiary/aromatic N) is 1. The van der Waals surface area contributed by atoms with Crippen molar-refractivity contribution in [3.05, 3.63) is 62.5 Å². The van der Waals surface area contributed by atoms with Crippen LogP contribution in [0.25, 0.3) is 10.2 Å². The number of fused-ring (bicyclic) bond motifs is 1. The summed E-state index contributed by atoms with van der Waals surface area (Å²) in [5.41, 5.74) is 1.21. The topological polar surface area (TPSA) is 98.3 Å². The van der Waals surface area contributed by atoms with E-state index in [4.69, 9.17) is 9.47 Å². The predicted octanol–water partition coefficient (Wildman–Crippen LogP) is 3.71. The van der Waals surface area contributed by atoms with Gasteiger partial charge in [-0.1, -0.05) is 30.3 Å². The number of benzene rings is 1. The molecule has 0 bridgehead atoms. The molecule has 0 spiro atoms. The summed E-state index contributed by atoms with van der Waals surface area (Å²) in [5, 5.41) is 0.351. The second-order valence-corrected chi connectivity index (χ2v) is 7.52. The fourth-order valence-corrected chi connectivity index (χ4v) is 4.03. The SMILES string of the molecule is CCOC(=O)c1sc2nc([C@H](C)OC(=O)CCc3ccccc3)[nH]c(=O)c2c1C. The highest BCUT2D eigenvalue weighted by molar-refractivity contribution is 7.20. The Balaban J connectivity index is 1.76. The van der Waals surface area contributed by atoms with Crippen LogP contribution in [0.15, 0.2) is 35.1 Å². The molecular formula is C21H22N2O5S. The Bertz CT molecular complexity index is 1090. The van der Waals surface area contributed by atoms with E-state index in [0.29, 0.717) is 27.1 Å². The molecule has 1 atom stereocenters. The highest BCUT2D eigenvalue weighted by Gasteiger charge is 2.22. The lowest BCUT2D eigenvalue weighted by Gasteiger charge is -2.12. The molecule has 0 fully saturated rings. The third-order valence-corrected chi connectivity index (χ3v) is 5.60. The van der Waals surface area contributed by atoms with E-state index in [-0.39, 0.29) is 30.4 Å². The molecule has 2 aromatic heterocycles. The Morgan fingerprint density at radius 1 is 1.24 bits per heavy atom. The van der Waals surface area contributed by atoms with Crippen molar-refractivity contribution in [2.45, 2.75) is 39.7 Å². The van der Waals surface area contributed by atoms with E-state index in [9.17, 15) is 14.4 Å². The van der Waals surface area contributed by atoms with Gasteiger partial charge in [0.2, 0.25) is 0 Å². The van der Waals surface area contributed by atoms with Crippen molar-refractivity contribution < 1.29 is 19.1 Å². The number of carbonyl (C=O) groups is 2. The first-order valence-electron chi connectivity index (χ1n) is 9.34. The smallest absolute Gasteiger partial charge is 0.348 e. The molecule has 0 saturated carbocycles. The lowest BCUT2D eigenvalue weighted by Crippen LogP contribution is -2.17. The molecule has 0 radical (unpaired) electrons. The van der Waals surface area contributed by atoms with Crippen molar-refractivity contribution in [3.63, 3.8) is 0 Å². The van der Waals surface area contributed by atoms with Crippen LogP contribution in [0, 0.1) is 6.92 Å². The summed E-state index contributed by atoms with van der Waals surface area (Å²) in [6, 6.07) is 9.65. The Kier molecular flexibility index (Phi) is 6.43. The monoisotopic (exact) mass is 414 g/mol. The number of thiophene rings is 1. The average molecular weight is 414 g/mol. The quantitative estimate of drug-likeness (QED) is 0.592. The van der Waals surface area contributed by atoms with Gasteiger partial charge in [0.25, 0.3) is 5.56 Å². The summed E-state index contributed by atoms with van der Waals surface area (Å²) in [6.07, 6.45) is 0.0813. The van der Waals surface area contributed by atoms with Gasteiger partial charge in [0.1, 0.15) is 9.71 Å². The largest absolute Gasteiger partial charge is 0.462 e. The minimum absolute atomic E-state index is 0.228. The zero-order valence-electron chi connectivity index (χ0n) is 16.5. The van der Waals surface area contributed by atoms with Crippen molar-refractivity contribution >= 4 is 33.5 Å². The number of H-pyrrole nitrogens is 1. The lowest BCUT2D eigenvalue weighted by molar-refractivity contribution is -0.148. The number of carbonyl (C=O) groups excluding carboxylic acids is 2. The molecule has 0 aliphatic carbocycles. The van der Waals surface area contributed by atoms with Crippen LogP contribution in [0.4, 0.5) is 0 Å². The number of esters is 2. The van der Waals surface area contributed by atoms with Gasteiger partial charge in [-0.3, -0.25) is 9.59 Å². The van der Waals surface area contributed by atoms with Crippen molar-refractivity contribution in [2.75, 3.05) is 6.61 Å². The molecule has 1 N–H and O–H groups in total. The summed E-state index contributed by atoms with van der Waals surface area (Å²) >= 11 is 1.10. The van der Waals surface area contributed by atoms with Crippen LogP contribution in [-0.4, -0.2) is 28.5 Å². The van der Waals surface area contributed by atoms with E-state index in [0.717, 1.165) is 16.9 Å². The van der Waals surface area contributed by atoms with Gasteiger partial charge < -0.3 is 14.5 Å². The maximum Gasteiger partial charge on any atom is 0.348 e. The van der Waals surface area contributed by atoms with Crippen LogP contribution in [0.2, 0.25) is 0 Å². The van der Waals surface area contributed by atoms with Gasteiger partial charge in [-0.05, 0) is 38.3 Å². The highest BCUT2D eigenvalue weighted by Crippen LogP contribution is 2.28. The molecule has 1 aromatic carbocycles. The Morgan fingerprint density at radius 2 is 1.97 bits per heavy atom. The number of hydrogen-bond donors (Lipinski definition) is 1. The van der Waals surface area contributed by atoms with Crippen LogP contribution < -0.4 is 5.56 Å². The van der Waals surface area contributed by atoms with Crippen LogP contribution >= 0.6 is 11.3 Å². The first kappa shape index (κ1) is 20.7. The van der Waals surface area contributed by atoms with Gasteiger partial charge in [-0.15, -0.1) is 11.3 Å². The van der Waals surface area contributed by atoms with Crippen LogP contribution in [0.1, 0.15) is 53.0 Å². The third kappa shape index (κ3) is 4.71. The fraction of sp³-hybridized carbons (Fsp3) is 0.333. The highest BCUT2D eigenvalue weighted by atomic mass is 32.1. The molecule has 0 aliphatic rings. The molecule has 0 unspecified atom stereocenters. The average Bonchev–Trinajstić information content (AvgIpc) is 3.04. The lowest BCUT2D eigenvalue weighted by atomic mass is 10.1. The fourth-order valence-electron chi connectivity index (χ4n) is 2.95. The number of rotatable bonds is 7. The number of hydrogen-bond acceptors (Lipinski definition) is 7. The summed E-state index contributed by atoms with van der Waals surface area (Å²) in [6.45, 7) is 5.31. The normalized spacial score (nSPS) is 12.0. The van der Waals surface area contributed by atoms with E-state index in [1.165, 1.54) is 0 Å². The predicted molar refractivity (Wildman–Crippen MR) is 110 cm³/mol. The van der Waals surface area contributed by atoms with Crippen molar-refractivity contribution in [2.24, 2.45) is 0 Å². The second kappa shape index (κ2) is 9.00. The third-order valence-electron chi connectivity index (χ3n) is 4.43. The first-order valence-corrected chi connectivity index (χ1v) is 10.2. The molecular weight excluding hydrogens is 392 g/mol. The van der Waals surface area contributed by atoms with Gasteiger partial charge in [0.15, 0.2) is 11.9 Å². The van der Waals surface area contributed by atoms with E-state index in [2.05, 4.69) is 9.97 Å². The van der Waals surface area contributed by atoms with Gasteiger partial charge in [0, 0.05) is 6.42 Å². The Morgan fingerprint density at radius 3 is 2.66 bits per heavy atom. The molecule has 152 valence electrons. The zero-order chi connectivity index (χ0) is 21.0. The molecule has 3 rings (SSSR count). The van der Waals surface area contributed by atoms with Crippen LogP contribution in [-0.2, 0) is 20.7 Å². The van der Waals surface area contributed by atoms with E-state index in [1.54, 1.807) is 20.8 Å². The maximum absolute atomic E-state index is 12.5. The van der Waals surface area contributed by atoms with Gasteiger partial charge >= 0.3 is 11.9 Å². The standard InChI is InChI=1S/C21H22N2O5S/c1-4-27-21(26)17-12(2)16-19(25)22-18(23-20(16)29-17)13(3)28-15(24)11-10-14-8-6-5-7-9-14/h5-9,13H,4,10-11H2,1-3H3,(H,22,23,25)/t13-/m0/s1. The van der Waals surface area contributed by atoms with Crippen LogP contribution in [0.5, 0.6) is 0 Å². The molecule has 7 nitrogen and oxygen atoms in total. The molecule has 3 aromatic rings. The van der Waals surface area contributed by atoms with Crippen molar-refractivity contribution in [1.82, 2.24) is 9.97 Å². The van der Waals surface area contributed by atoms with Gasteiger partial charge in [-0.2, -0.15) is 0 Å². The Hall–Kier alpha value is -3.00. The first-order chi connectivity index (χ1) is 13.9. The zero-order valence-corrected chi connectivity index (χ0v) is 17.3. The number of nitrogens with one attached hydrogen (secondary N) is 1.